The molecule has 6 heteroatoms. The third-order valence-corrected chi connectivity index (χ3v) is 2.92. The van der Waals surface area contributed by atoms with Gasteiger partial charge in [-0.1, -0.05) is 13.0 Å². The second kappa shape index (κ2) is 9.47. The van der Waals surface area contributed by atoms with Crippen LogP contribution in [0.15, 0.2) is 18.2 Å². The number of ether oxygens (including phenoxy) is 2. The van der Waals surface area contributed by atoms with Gasteiger partial charge in [-0.2, -0.15) is 0 Å². The van der Waals surface area contributed by atoms with Gasteiger partial charge in [0.1, 0.15) is 0 Å². The Morgan fingerprint density at radius 3 is 2.52 bits per heavy atom. The molecular formula is C15H25ClN2O3. The lowest BCUT2D eigenvalue weighted by Gasteiger charge is -2.18. The van der Waals surface area contributed by atoms with Crippen molar-refractivity contribution in [1.82, 2.24) is 5.32 Å². The molecule has 0 aromatic heterocycles. The topological polar surface area (TPSA) is 73.6 Å². The van der Waals surface area contributed by atoms with Crippen LogP contribution in [0.2, 0.25) is 0 Å². The Bertz CT molecular complexity index is 453. The highest BCUT2D eigenvalue weighted by Gasteiger charge is 2.14. The van der Waals surface area contributed by atoms with Gasteiger partial charge >= 0.3 is 0 Å². The zero-order chi connectivity index (χ0) is 15.1. The van der Waals surface area contributed by atoms with Crippen LogP contribution in [0.5, 0.6) is 11.5 Å². The van der Waals surface area contributed by atoms with Crippen molar-refractivity contribution < 1.29 is 14.3 Å². The first kappa shape index (κ1) is 19.5. The lowest BCUT2D eigenvalue weighted by atomic mass is 10.1. The number of nitrogens with two attached hydrogens (primary N) is 1. The molecule has 2 atom stereocenters. The minimum Gasteiger partial charge on any atom is -0.493 e. The summed E-state index contributed by atoms with van der Waals surface area (Å²) in [5, 5.41) is 2.85. The largest absolute Gasteiger partial charge is 0.493 e. The summed E-state index contributed by atoms with van der Waals surface area (Å²) in [7, 11) is 1.60. The fourth-order valence-electron chi connectivity index (χ4n) is 1.71. The summed E-state index contributed by atoms with van der Waals surface area (Å²) in [5.74, 6) is 1.20. The van der Waals surface area contributed by atoms with Crippen LogP contribution >= 0.6 is 12.4 Å². The number of nitrogens with one attached hydrogen (secondary N) is 1. The molecule has 1 rings (SSSR count). The first-order valence-electron chi connectivity index (χ1n) is 6.86. The SMILES string of the molecule is CCCOc1ccc(C(C)NC(=O)[C@@H](C)N)cc1OC.Cl. The Morgan fingerprint density at radius 2 is 2.00 bits per heavy atom. The second-order valence-electron chi connectivity index (χ2n) is 4.78. The van der Waals surface area contributed by atoms with Gasteiger partial charge in [-0.25, -0.2) is 0 Å². The fraction of sp³-hybridized carbons (Fsp3) is 0.533. The molecule has 21 heavy (non-hydrogen) atoms. The van der Waals surface area contributed by atoms with E-state index in [0.29, 0.717) is 18.1 Å². The summed E-state index contributed by atoms with van der Waals surface area (Å²) in [6.07, 6.45) is 0.936. The Kier molecular flexibility index (Phi) is 8.81. The molecule has 5 nitrogen and oxygen atoms in total. The molecule has 1 aromatic carbocycles. The smallest absolute Gasteiger partial charge is 0.237 e. The number of carbonyl (C=O) groups excluding carboxylic acids is 1. The van der Waals surface area contributed by atoms with Crippen molar-refractivity contribution in [2.24, 2.45) is 5.73 Å². The van der Waals surface area contributed by atoms with Crippen molar-refractivity contribution in [3.05, 3.63) is 23.8 Å². The molecule has 0 bridgehead atoms. The van der Waals surface area contributed by atoms with Crippen molar-refractivity contribution in [3.8, 4) is 11.5 Å². The van der Waals surface area contributed by atoms with Crippen LogP contribution in [0.3, 0.4) is 0 Å². The van der Waals surface area contributed by atoms with E-state index in [1.54, 1.807) is 14.0 Å². The van der Waals surface area contributed by atoms with E-state index in [4.69, 9.17) is 15.2 Å². The Balaban J connectivity index is 0.00000400. The quantitative estimate of drug-likeness (QED) is 0.810. The van der Waals surface area contributed by atoms with Crippen LogP contribution in [0.1, 0.15) is 38.8 Å². The van der Waals surface area contributed by atoms with Gasteiger partial charge < -0.3 is 20.5 Å². The van der Waals surface area contributed by atoms with E-state index in [2.05, 4.69) is 5.32 Å². The van der Waals surface area contributed by atoms with Crippen LogP contribution in [-0.2, 0) is 4.79 Å². The Morgan fingerprint density at radius 1 is 1.33 bits per heavy atom. The van der Waals surface area contributed by atoms with Crippen LogP contribution in [0.4, 0.5) is 0 Å². The molecule has 1 amide bonds. The van der Waals surface area contributed by atoms with Crippen molar-refractivity contribution in [3.63, 3.8) is 0 Å². The summed E-state index contributed by atoms with van der Waals surface area (Å²) in [4.78, 5) is 11.6. The van der Waals surface area contributed by atoms with E-state index in [-0.39, 0.29) is 24.4 Å². The number of benzene rings is 1. The minimum atomic E-state index is -0.522. The molecule has 0 radical (unpaired) electrons. The van der Waals surface area contributed by atoms with Crippen molar-refractivity contribution in [2.75, 3.05) is 13.7 Å². The maximum atomic E-state index is 11.6. The normalized spacial score (nSPS) is 12.8. The van der Waals surface area contributed by atoms with Crippen LogP contribution < -0.4 is 20.5 Å². The van der Waals surface area contributed by atoms with E-state index < -0.39 is 6.04 Å². The molecule has 0 aliphatic rings. The monoisotopic (exact) mass is 316 g/mol. The maximum absolute atomic E-state index is 11.6. The summed E-state index contributed by atoms with van der Waals surface area (Å²) in [6.45, 7) is 6.26. The van der Waals surface area contributed by atoms with E-state index in [1.807, 2.05) is 32.0 Å². The van der Waals surface area contributed by atoms with Gasteiger partial charge in [0.25, 0.3) is 0 Å². The van der Waals surface area contributed by atoms with Gasteiger partial charge in [-0.3, -0.25) is 4.79 Å². The van der Waals surface area contributed by atoms with Crippen LogP contribution in [0.25, 0.3) is 0 Å². The molecule has 1 aromatic rings. The van der Waals surface area contributed by atoms with Gasteiger partial charge in [-0.05, 0) is 38.0 Å². The highest BCUT2D eigenvalue weighted by atomic mass is 35.5. The summed E-state index contributed by atoms with van der Waals surface area (Å²) in [6, 6.07) is 4.99. The van der Waals surface area contributed by atoms with E-state index >= 15 is 0 Å². The third kappa shape index (κ3) is 5.81. The number of methoxy groups -OCH3 is 1. The first-order valence-corrected chi connectivity index (χ1v) is 6.86. The summed E-state index contributed by atoms with van der Waals surface area (Å²) in [5.41, 5.74) is 6.48. The number of halogens is 1. The van der Waals surface area contributed by atoms with E-state index in [1.165, 1.54) is 0 Å². The van der Waals surface area contributed by atoms with Crippen molar-refractivity contribution >= 4 is 18.3 Å². The molecule has 0 aliphatic heterocycles. The predicted octanol–water partition coefficient (Wildman–Crippen LogP) is 2.43. The number of hydrogen-bond donors (Lipinski definition) is 2. The number of carbonyl (C=O) groups is 1. The molecule has 0 saturated carbocycles. The molecule has 0 heterocycles. The van der Waals surface area contributed by atoms with Crippen molar-refractivity contribution in [1.29, 1.82) is 0 Å². The molecule has 0 aliphatic carbocycles. The highest BCUT2D eigenvalue weighted by Crippen LogP contribution is 2.30. The lowest BCUT2D eigenvalue weighted by molar-refractivity contribution is -0.122. The average Bonchev–Trinajstić information content (AvgIpc) is 2.44. The molecule has 1 unspecified atom stereocenters. The second-order valence-corrected chi connectivity index (χ2v) is 4.78. The molecule has 0 spiro atoms. The number of hydrogen-bond acceptors (Lipinski definition) is 4. The van der Waals surface area contributed by atoms with Gasteiger partial charge in [-0.15, -0.1) is 12.4 Å². The van der Waals surface area contributed by atoms with Gasteiger partial charge in [0.05, 0.1) is 25.8 Å². The Hall–Kier alpha value is -1.46. The summed E-state index contributed by atoms with van der Waals surface area (Å²) < 4.78 is 10.9. The molecule has 0 fully saturated rings. The predicted molar refractivity (Wildman–Crippen MR) is 86.2 cm³/mol. The van der Waals surface area contributed by atoms with Gasteiger partial charge in [0, 0.05) is 0 Å². The van der Waals surface area contributed by atoms with Gasteiger partial charge in [0.2, 0.25) is 5.91 Å². The van der Waals surface area contributed by atoms with Crippen molar-refractivity contribution in [2.45, 2.75) is 39.3 Å². The Labute approximate surface area is 132 Å². The number of rotatable bonds is 7. The van der Waals surface area contributed by atoms with Crippen LogP contribution in [0, 0.1) is 0 Å². The number of amides is 1. The highest BCUT2D eigenvalue weighted by molar-refractivity contribution is 5.85. The molecule has 3 N–H and O–H groups in total. The average molecular weight is 317 g/mol. The zero-order valence-electron chi connectivity index (χ0n) is 13.0. The van der Waals surface area contributed by atoms with Gasteiger partial charge in [0.15, 0.2) is 11.5 Å². The molecule has 0 saturated heterocycles. The molecule has 120 valence electrons. The standard InChI is InChI=1S/C15H24N2O3.ClH/c1-5-8-20-13-7-6-12(9-14(13)19-4)11(3)17-15(18)10(2)16;/h6-7,9-11H,5,8,16H2,1-4H3,(H,17,18);1H/t10-,11?;/m1./s1. The molecular weight excluding hydrogens is 292 g/mol. The van der Waals surface area contributed by atoms with E-state index in [0.717, 1.165) is 12.0 Å². The fourth-order valence-corrected chi connectivity index (χ4v) is 1.71. The maximum Gasteiger partial charge on any atom is 0.237 e. The minimum absolute atomic E-state index is 0. The lowest BCUT2D eigenvalue weighted by Crippen LogP contribution is -2.39. The van der Waals surface area contributed by atoms with Crippen LogP contribution in [-0.4, -0.2) is 25.7 Å². The summed E-state index contributed by atoms with van der Waals surface area (Å²) >= 11 is 0. The zero-order valence-corrected chi connectivity index (χ0v) is 13.8. The third-order valence-electron chi connectivity index (χ3n) is 2.92. The first-order chi connectivity index (χ1) is 9.49. The van der Waals surface area contributed by atoms with E-state index in [9.17, 15) is 4.79 Å².